The minimum atomic E-state index is -0.402. The number of ether oxygens (including phenoxy) is 1. The molecule has 1 fully saturated rings. The van der Waals surface area contributed by atoms with E-state index in [9.17, 15) is 4.79 Å². The second-order valence-corrected chi connectivity index (χ2v) is 5.17. The average molecular weight is 212 g/mol. The SMILES string of the molecule is CN([C]1CCCCC1)C(=O)OC(C)(C)C. The van der Waals surface area contributed by atoms with E-state index in [1.54, 1.807) is 4.90 Å². The number of nitrogens with zero attached hydrogens (tertiary/aromatic N) is 1. The van der Waals surface area contributed by atoms with Gasteiger partial charge in [0.05, 0.1) is 6.04 Å². The molecule has 0 heterocycles. The first-order valence-electron chi connectivity index (χ1n) is 5.71. The fourth-order valence-corrected chi connectivity index (χ4v) is 1.75. The predicted octanol–water partition coefficient (Wildman–Crippen LogP) is 3.35. The zero-order chi connectivity index (χ0) is 11.5. The fourth-order valence-electron chi connectivity index (χ4n) is 1.75. The monoisotopic (exact) mass is 212 g/mol. The standard InChI is InChI=1S/C12H22NO2/c1-12(2,3)15-11(14)13(4)10-8-6-5-7-9-10/h5-9H2,1-4H3. The quantitative estimate of drug-likeness (QED) is 0.667. The zero-order valence-electron chi connectivity index (χ0n) is 10.3. The third kappa shape index (κ3) is 4.10. The van der Waals surface area contributed by atoms with E-state index in [-0.39, 0.29) is 6.09 Å². The maximum atomic E-state index is 11.7. The normalized spacial score (nSPS) is 18.7. The highest BCUT2D eigenvalue weighted by atomic mass is 16.6. The van der Waals surface area contributed by atoms with E-state index in [1.165, 1.54) is 25.3 Å². The summed E-state index contributed by atoms with van der Waals surface area (Å²) < 4.78 is 5.32. The topological polar surface area (TPSA) is 29.5 Å². The first kappa shape index (κ1) is 12.3. The molecule has 0 aromatic rings. The molecule has 1 aliphatic carbocycles. The molecule has 1 aliphatic rings. The number of carbonyl (C=O) groups excluding carboxylic acids is 1. The van der Waals surface area contributed by atoms with E-state index in [2.05, 4.69) is 0 Å². The Hall–Kier alpha value is -0.730. The average Bonchev–Trinajstić information content (AvgIpc) is 2.15. The highest BCUT2D eigenvalue weighted by molar-refractivity contribution is 5.69. The summed E-state index contributed by atoms with van der Waals surface area (Å²) in [5, 5.41) is 0. The minimum Gasteiger partial charge on any atom is -0.444 e. The lowest BCUT2D eigenvalue weighted by Gasteiger charge is -2.32. The van der Waals surface area contributed by atoms with Crippen molar-refractivity contribution in [3.63, 3.8) is 0 Å². The second-order valence-electron chi connectivity index (χ2n) is 5.17. The van der Waals surface area contributed by atoms with E-state index in [0.29, 0.717) is 0 Å². The summed E-state index contributed by atoms with van der Waals surface area (Å²) >= 11 is 0. The van der Waals surface area contributed by atoms with Crippen molar-refractivity contribution in [1.82, 2.24) is 4.90 Å². The Morgan fingerprint density at radius 3 is 2.20 bits per heavy atom. The molecule has 0 aliphatic heterocycles. The third-order valence-electron chi connectivity index (χ3n) is 2.57. The third-order valence-corrected chi connectivity index (χ3v) is 2.57. The van der Waals surface area contributed by atoms with Gasteiger partial charge in [-0.25, -0.2) is 4.79 Å². The number of carbonyl (C=O) groups is 1. The van der Waals surface area contributed by atoms with Crippen molar-refractivity contribution >= 4 is 6.09 Å². The minimum absolute atomic E-state index is 0.223. The smallest absolute Gasteiger partial charge is 0.410 e. The zero-order valence-corrected chi connectivity index (χ0v) is 10.3. The number of hydrogen-bond acceptors (Lipinski definition) is 2. The molecule has 0 N–H and O–H groups in total. The van der Waals surface area contributed by atoms with Crippen LogP contribution in [0.1, 0.15) is 52.9 Å². The highest BCUT2D eigenvalue weighted by Gasteiger charge is 2.26. The molecule has 0 aromatic carbocycles. The number of rotatable bonds is 1. The van der Waals surface area contributed by atoms with Gasteiger partial charge in [-0.2, -0.15) is 0 Å². The van der Waals surface area contributed by atoms with Crippen LogP contribution in [-0.4, -0.2) is 23.6 Å². The molecule has 0 saturated heterocycles. The number of hydrogen-bond donors (Lipinski definition) is 0. The van der Waals surface area contributed by atoms with Crippen LogP contribution in [0.5, 0.6) is 0 Å². The Balaban J connectivity index is 2.44. The lowest BCUT2D eigenvalue weighted by Crippen LogP contribution is -2.37. The Labute approximate surface area is 92.8 Å². The summed E-state index contributed by atoms with van der Waals surface area (Å²) in [5.41, 5.74) is -0.402. The van der Waals surface area contributed by atoms with Crippen LogP contribution in [0.3, 0.4) is 0 Å². The van der Waals surface area contributed by atoms with Crippen molar-refractivity contribution in [3.8, 4) is 0 Å². The van der Waals surface area contributed by atoms with Gasteiger partial charge in [0.15, 0.2) is 0 Å². The van der Waals surface area contributed by atoms with Crippen LogP contribution in [0.2, 0.25) is 0 Å². The van der Waals surface area contributed by atoms with E-state index in [1.807, 2.05) is 27.8 Å². The summed E-state index contributed by atoms with van der Waals surface area (Å²) in [6, 6.07) is 1.22. The Kier molecular flexibility index (Phi) is 4.00. The second kappa shape index (κ2) is 4.86. The lowest BCUT2D eigenvalue weighted by atomic mass is 9.95. The summed E-state index contributed by atoms with van der Waals surface area (Å²) in [5.74, 6) is 0. The van der Waals surface area contributed by atoms with Gasteiger partial charge in [-0.1, -0.05) is 19.3 Å². The molecule has 87 valence electrons. The van der Waals surface area contributed by atoms with Crippen molar-refractivity contribution in [2.24, 2.45) is 0 Å². The van der Waals surface area contributed by atoms with Gasteiger partial charge in [-0.05, 0) is 33.6 Å². The number of amides is 1. The van der Waals surface area contributed by atoms with Crippen molar-refractivity contribution < 1.29 is 9.53 Å². The van der Waals surface area contributed by atoms with Crippen molar-refractivity contribution in [2.45, 2.75) is 58.5 Å². The molecular weight excluding hydrogens is 190 g/mol. The molecule has 1 radical (unpaired) electrons. The molecule has 1 saturated carbocycles. The van der Waals surface area contributed by atoms with Crippen LogP contribution in [0, 0.1) is 6.04 Å². The van der Waals surface area contributed by atoms with Gasteiger partial charge in [0.25, 0.3) is 0 Å². The van der Waals surface area contributed by atoms with Gasteiger partial charge in [-0.3, -0.25) is 0 Å². The summed E-state index contributed by atoms with van der Waals surface area (Å²) in [7, 11) is 1.81. The highest BCUT2D eigenvalue weighted by Crippen LogP contribution is 2.28. The van der Waals surface area contributed by atoms with E-state index in [4.69, 9.17) is 4.74 Å². The van der Waals surface area contributed by atoms with Crippen molar-refractivity contribution in [2.75, 3.05) is 7.05 Å². The molecule has 3 heteroatoms. The molecule has 1 amide bonds. The first-order valence-corrected chi connectivity index (χ1v) is 5.71. The maximum Gasteiger partial charge on any atom is 0.410 e. The van der Waals surface area contributed by atoms with Gasteiger partial charge in [0, 0.05) is 7.05 Å². The molecule has 0 bridgehead atoms. The molecule has 0 spiro atoms. The van der Waals surface area contributed by atoms with Gasteiger partial charge in [0.1, 0.15) is 5.60 Å². The van der Waals surface area contributed by atoms with Gasteiger partial charge >= 0.3 is 6.09 Å². The van der Waals surface area contributed by atoms with Gasteiger partial charge in [-0.15, -0.1) is 0 Å². The summed E-state index contributed by atoms with van der Waals surface area (Å²) in [4.78, 5) is 13.4. The van der Waals surface area contributed by atoms with Crippen molar-refractivity contribution in [3.05, 3.63) is 6.04 Å². The van der Waals surface area contributed by atoms with Crippen LogP contribution >= 0.6 is 0 Å². The first-order chi connectivity index (χ1) is 6.90. The lowest BCUT2D eigenvalue weighted by molar-refractivity contribution is 0.0288. The Morgan fingerprint density at radius 1 is 1.20 bits per heavy atom. The molecule has 0 unspecified atom stereocenters. The van der Waals surface area contributed by atoms with Crippen LogP contribution in [0.4, 0.5) is 4.79 Å². The molecule has 0 atom stereocenters. The van der Waals surface area contributed by atoms with Crippen LogP contribution in [0.25, 0.3) is 0 Å². The van der Waals surface area contributed by atoms with Crippen LogP contribution in [-0.2, 0) is 4.74 Å². The maximum absolute atomic E-state index is 11.7. The van der Waals surface area contributed by atoms with Gasteiger partial charge < -0.3 is 9.64 Å². The Bertz CT molecular complexity index is 214. The molecule has 1 rings (SSSR count). The molecule has 0 aromatic heterocycles. The van der Waals surface area contributed by atoms with Gasteiger partial charge in [0.2, 0.25) is 0 Å². The largest absolute Gasteiger partial charge is 0.444 e. The van der Waals surface area contributed by atoms with Crippen LogP contribution < -0.4 is 0 Å². The molecule has 15 heavy (non-hydrogen) atoms. The molecular formula is C12H22NO2. The van der Waals surface area contributed by atoms with Crippen molar-refractivity contribution in [1.29, 1.82) is 0 Å². The molecule has 3 nitrogen and oxygen atoms in total. The fraction of sp³-hybridized carbons (Fsp3) is 0.833. The van der Waals surface area contributed by atoms with E-state index < -0.39 is 5.60 Å². The summed E-state index contributed by atoms with van der Waals surface area (Å²) in [6.07, 6.45) is 5.53. The van der Waals surface area contributed by atoms with E-state index in [0.717, 1.165) is 12.8 Å². The van der Waals surface area contributed by atoms with Crippen LogP contribution in [0.15, 0.2) is 0 Å². The predicted molar refractivity (Wildman–Crippen MR) is 60.3 cm³/mol. The van der Waals surface area contributed by atoms with E-state index >= 15 is 0 Å². The summed E-state index contributed by atoms with van der Waals surface area (Å²) in [6.45, 7) is 5.68. The Morgan fingerprint density at radius 2 is 1.73 bits per heavy atom.